The zero-order valence-corrected chi connectivity index (χ0v) is 58.9. The minimum absolute atomic E-state index is 0.0424. The van der Waals surface area contributed by atoms with E-state index in [-0.39, 0.29) is 25.3 Å². The zero-order valence-electron chi connectivity index (χ0n) is 58.0. The topological polar surface area (TPSA) is 650 Å². The first-order valence-corrected chi connectivity index (χ1v) is 32.6. The fourth-order valence-electron chi connectivity index (χ4n) is 8.84. The fourth-order valence-corrected chi connectivity index (χ4v) is 9.10. The number of aliphatic hydroxyl groups excluding tert-OH is 2. The Bertz CT molecular complexity index is 2910. The lowest BCUT2D eigenvalue weighted by atomic mass is 9.97. The molecule has 0 saturated heterocycles. The Kier molecular flexibility index (Phi) is 40.9. The van der Waals surface area contributed by atoms with Crippen LogP contribution in [-0.2, 0) is 81.5 Å². The molecule has 566 valence electrons. The Balaban J connectivity index is 6.51. The van der Waals surface area contributed by atoms with E-state index < -0.39 is 260 Å². The number of carboxylic acids is 3. The zero-order chi connectivity index (χ0) is 77.2. The monoisotopic (exact) mass is 1450 g/mol. The molecule has 0 bridgehead atoms. The fraction of sp³-hybridized carbons (Fsp3) is 0.695. The summed E-state index contributed by atoms with van der Waals surface area (Å²) in [6.07, 6.45) is -2.26. The van der Waals surface area contributed by atoms with E-state index in [0.29, 0.717) is 0 Å². The highest BCUT2D eigenvalue weighted by Gasteiger charge is 2.39. The largest absolute Gasteiger partial charge is 0.481 e. The Morgan fingerprint density at radius 2 is 0.730 bits per heavy atom. The highest BCUT2D eigenvalue weighted by atomic mass is 32.1. The van der Waals surface area contributed by atoms with Crippen LogP contribution in [-0.4, -0.2) is 249 Å². The number of nitrogens with zero attached hydrogens (tertiary/aromatic N) is 1. The molecule has 0 aromatic rings. The maximum absolute atomic E-state index is 14.3. The van der Waals surface area contributed by atoms with Gasteiger partial charge in [0.05, 0.1) is 32.7 Å². The average Bonchev–Trinajstić information content (AvgIpc) is 0.851. The number of guanidine groups is 1. The van der Waals surface area contributed by atoms with Gasteiger partial charge in [0.15, 0.2) is 5.96 Å². The molecule has 0 aliphatic rings. The van der Waals surface area contributed by atoms with Crippen molar-refractivity contribution in [2.24, 2.45) is 51.8 Å². The van der Waals surface area contributed by atoms with Crippen LogP contribution in [0, 0.1) is 29.6 Å². The standard InChI is InChI=1S/C59H102N18O22S/c1-24(2)41(53(93)64-20-38(81)67-32(58(98)99)15-16-39(82)83)76-57(97)45(28(9)10)77-56(96)44(27(7)8)73-48(88)31(14-13-17-63-59(61)62)68-54(94)42(25(3)4)75-51(91)35(22-79)71-55(95)43(26(5)6)74-49(89)33(18-40(84)85)69-52(92)36(23-100)72-47(87)30(12)66-50(90)34(21-78)70-46(86)29(11)65-37(80)19-60/h24-36,41-45,78-79,100H,13-23,60H2,1-12H3,(H,64,93)(H,65,80)(H,66,90)(H,67,81)(H,68,94)(H,69,92)(H,70,86)(H,71,95)(H,72,87)(H,73,88)(H,74,89)(H,75,91)(H,76,97)(H,77,96)(H,82,83)(H,84,85)(H,98,99)(H4,61,62,63)/t29-,30-,31-,32-,33-,34-,35-,36-,41-,42-,43-,44-,45-/m0/s1. The van der Waals surface area contributed by atoms with E-state index in [2.05, 4.69) is 92.1 Å². The Labute approximate surface area is 582 Å². The van der Waals surface area contributed by atoms with Gasteiger partial charge in [-0.3, -0.25) is 81.7 Å². The number of hydrogen-bond acceptors (Lipinski definition) is 22. The quantitative estimate of drug-likeness (QED) is 0.0116. The minimum Gasteiger partial charge on any atom is -0.481 e. The van der Waals surface area contributed by atoms with Crippen LogP contribution in [0.15, 0.2) is 4.99 Å². The smallest absolute Gasteiger partial charge is 0.326 e. The minimum atomic E-state index is -1.96. The number of nitrogens with one attached hydrogen (secondary N) is 14. The van der Waals surface area contributed by atoms with Crippen LogP contribution in [0.25, 0.3) is 0 Å². The van der Waals surface area contributed by atoms with E-state index in [9.17, 15) is 102 Å². The highest BCUT2D eigenvalue weighted by molar-refractivity contribution is 7.80. The number of amides is 14. The molecular weight excluding hydrogens is 1340 g/mol. The van der Waals surface area contributed by atoms with Crippen molar-refractivity contribution in [3.63, 3.8) is 0 Å². The number of thiol groups is 1. The molecule has 14 amide bonds. The third-order valence-corrected chi connectivity index (χ3v) is 15.0. The number of carbonyl (C=O) groups is 17. The molecule has 0 aliphatic carbocycles. The Hall–Kier alpha value is -9.51. The van der Waals surface area contributed by atoms with Gasteiger partial charge in [0.2, 0.25) is 82.7 Å². The van der Waals surface area contributed by atoms with Gasteiger partial charge in [-0.25, -0.2) is 4.79 Å². The molecule has 13 atom stereocenters. The second-order valence-electron chi connectivity index (χ2n) is 24.9. The van der Waals surface area contributed by atoms with Crippen LogP contribution in [0.4, 0.5) is 0 Å². The summed E-state index contributed by atoms with van der Waals surface area (Å²) in [6, 6.07) is -20.1. The normalized spacial score (nSPS) is 15.1. The lowest BCUT2D eigenvalue weighted by molar-refractivity contribution is -0.143. The lowest BCUT2D eigenvalue weighted by Crippen LogP contribution is -2.63. The van der Waals surface area contributed by atoms with Crippen LogP contribution in [0.3, 0.4) is 0 Å². The third kappa shape index (κ3) is 32.9. The molecule has 41 heteroatoms. The number of hydrogen-bond donors (Lipinski definition) is 23. The van der Waals surface area contributed by atoms with E-state index >= 15 is 0 Å². The molecule has 0 aliphatic heterocycles. The van der Waals surface area contributed by atoms with Crippen LogP contribution in [0.5, 0.6) is 0 Å². The van der Waals surface area contributed by atoms with Crippen LogP contribution < -0.4 is 91.6 Å². The highest BCUT2D eigenvalue weighted by Crippen LogP contribution is 2.13. The van der Waals surface area contributed by atoms with Gasteiger partial charge in [0.1, 0.15) is 78.5 Å². The molecule has 0 aromatic heterocycles. The number of aliphatic imine (C=N–C) groups is 1. The van der Waals surface area contributed by atoms with Gasteiger partial charge in [0, 0.05) is 18.7 Å². The van der Waals surface area contributed by atoms with Crippen LogP contribution in [0.1, 0.15) is 115 Å². The molecular formula is C59H102N18O22S. The maximum atomic E-state index is 14.3. The summed E-state index contributed by atoms with van der Waals surface area (Å²) in [4.78, 5) is 226. The van der Waals surface area contributed by atoms with Gasteiger partial charge >= 0.3 is 17.9 Å². The molecule has 0 rings (SSSR count). The Morgan fingerprint density at radius 1 is 0.380 bits per heavy atom. The van der Waals surface area contributed by atoms with Crippen molar-refractivity contribution in [2.75, 3.05) is 38.6 Å². The number of aliphatic carboxylic acids is 3. The predicted molar refractivity (Wildman–Crippen MR) is 357 cm³/mol. The second-order valence-corrected chi connectivity index (χ2v) is 25.2. The van der Waals surface area contributed by atoms with Crippen molar-refractivity contribution in [1.82, 2.24) is 74.4 Å². The number of carboxylic acid groups (broad SMARTS) is 3. The molecule has 0 unspecified atom stereocenters. The number of rotatable bonds is 46. The van der Waals surface area contributed by atoms with Gasteiger partial charge in [-0.1, -0.05) is 69.2 Å². The van der Waals surface area contributed by atoms with Crippen molar-refractivity contribution < 1.29 is 107 Å². The van der Waals surface area contributed by atoms with Crippen molar-refractivity contribution in [2.45, 2.75) is 194 Å². The summed E-state index contributed by atoms with van der Waals surface area (Å²) in [6.45, 7) is 14.3. The lowest BCUT2D eigenvalue weighted by Gasteiger charge is -2.31. The van der Waals surface area contributed by atoms with E-state index in [0.717, 1.165) is 6.92 Å². The predicted octanol–water partition coefficient (Wildman–Crippen LogP) is -8.92. The average molecular weight is 1450 g/mol. The number of carbonyl (C=O) groups excluding carboxylic acids is 14. The van der Waals surface area contributed by atoms with Crippen molar-refractivity contribution in [1.29, 1.82) is 0 Å². The van der Waals surface area contributed by atoms with Crippen molar-refractivity contribution in [3.05, 3.63) is 0 Å². The number of nitrogens with two attached hydrogens (primary N) is 3. The van der Waals surface area contributed by atoms with Gasteiger partial charge in [-0.05, 0) is 62.7 Å². The summed E-state index contributed by atoms with van der Waals surface area (Å²) < 4.78 is 0. The summed E-state index contributed by atoms with van der Waals surface area (Å²) in [5.41, 5.74) is 16.2. The first-order valence-electron chi connectivity index (χ1n) is 31.9. The van der Waals surface area contributed by atoms with Crippen LogP contribution >= 0.6 is 12.6 Å². The molecule has 25 N–H and O–H groups in total. The first-order chi connectivity index (χ1) is 46.5. The Morgan fingerprint density at radius 3 is 1.12 bits per heavy atom. The summed E-state index contributed by atoms with van der Waals surface area (Å²) >= 11 is 4.07. The van der Waals surface area contributed by atoms with Gasteiger partial charge in [-0.15, -0.1) is 0 Å². The molecule has 0 radical (unpaired) electrons. The molecule has 100 heavy (non-hydrogen) atoms. The van der Waals surface area contributed by atoms with Crippen molar-refractivity contribution in [3.8, 4) is 0 Å². The molecule has 40 nitrogen and oxygen atoms in total. The summed E-state index contributed by atoms with van der Waals surface area (Å²) in [5, 5.41) is 81.1. The van der Waals surface area contributed by atoms with E-state index in [4.69, 9.17) is 22.3 Å². The summed E-state index contributed by atoms with van der Waals surface area (Å²) in [7, 11) is 0. The SMILES string of the molecule is CC(C)[C@H](NC(=O)[C@H](CC(=O)O)NC(=O)[C@H](CS)NC(=O)[C@H](C)NC(=O)[C@H](CO)NC(=O)[C@H](C)NC(=O)CN)C(=O)N[C@@H](CO)C(=O)N[C@H](C(=O)N[C@@H](CCCN=C(N)N)C(=O)N[C@H](C(=O)N[C@H](C(=O)N[C@H](C(=O)NCC(=O)N[C@@H](CCC(=O)O)C(=O)O)C(C)C)C(C)C)C(C)C)C(C)C. The van der Waals surface area contributed by atoms with Crippen molar-refractivity contribution >= 4 is 119 Å². The van der Waals surface area contributed by atoms with E-state index in [1.54, 1.807) is 41.5 Å². The van der Waals surface area contributed by atoms with E-state index in [1.807, 2.05) is 0 Å². The summed E-state index contributed by atoms with van der Waals surface area (Å²) in [5.74, 6) is -22.8. The molecule has 0 spiro atoms. The van der Waals surface area contributed by atoms with Gasteiger partial charge in [0.25, 0.3) is 0 Å². The number of aliphatic hydroxyl groups is 2. The maximum Gasteiger partial charge on any atom is 0.326 e. The molecule has 0 fully saturated rings. The van der Waals surface area contributed by atoms with E-state index in [1.165, 1.54) is 34.6 Å². The molecule has 0 saturated carbocycles. The first kappa shape index (κ1) is 90.5. The molecule has 0 heterocycles. The van der Waals surface area contributed by atoms with Gasteiger partial charge < -0.3 is 117 Å². The second kappa shape index (κ2) is 45.2. The van der Waals surface area contributed by atoms with Gasteiger partial charge in [-0.2, -0.15) is 12.6 Å². The third-order valence-electron chi connectivity index (χ3n) is 14.7. The molecule has 0 aromatic carbocycles. The van der Waals surface area contributed by atoms with Crippen LogP contribution in [0.2, 0.25) is 0 Å².